The van der Waals surface area contributed by atoms with E-state index in [0.717, 1.165) is 9.83 Å². The number of fused-ring (bicyclic) bond motifs is 1. The molecule has 0 unspecified atom stereocenters. The Morgan fingerprint density at radius 1 is 1.16 bits per heavy atom. The third-order valence-corrected chi connectivity index (χ3v) is 5.37. The van der Waals surface area contributed by atoms with Crippen LogP contribution in [0.5, 0.6) is 0 Å². The molecule has 2 aromatic carbocycles. The van der Waals surface area contributed by atoms with Crippen molar-refractivity contribution in [2.75, 3.05) is 18.0 Å². The fraction of sp³-hybridized carbons (Fsp3) is 0.222. The van der Waals surface area contributed by atoms with Gasteiger partial charge in [0.1, 0.15) is 17.2 Å². The third kappa shape index (κ3) is 3.07. The van der Waals surface area contributed by atoms with Gasteiger partial charge in [-0.15, -0.1) is 0 Å². The largest absolute Gasteiger partial charge is 0.352 e. The number of aromatic nitrogens is 1. The Bertz CT molecular complexity index is 937. The average molecular weight is 359 g/mol. The topological polar surface area (TPSA) is 45.2 Å². The number of hydrogen-bond donors (Lipinski definition) is 1. The number of hydrogen-bond acceptors (Lipinski definition) is 4. The molecule has 1 amide bonds. The van der Waals surface area contributed by atoms with E-state index in [-0.39, 0.29) is 30.0 Å². The second-order valence-corrected chi connectivity index (χ2v) is 7.00. The maximum atomic E-state index is 13.7. The fourth-order valence-electron chi connectivity index (χ4n) is 2.81. The van der Waals surface area contributed by atoms with Gasteiger partial charge in [0.05, 0.1) is 10.6 Å². The van der Waals surface area contributed by atoms with Crippen LogP contribution in [0, 0.1) is 17.6 Å². The summed E-state index contributed by atoms with van der Waals surface area (Å²) in [5.41, 5.74) is 0.837. The van der Waals surface area contributed by atoms with Gasteiger partial charge in [0, 0.05) is 25.2 Å². The van der Waals surface area contributed by atoms with Crippen molar-refractivity contribution in [3.8, 4) is 0 Å². The lowest BCUT2D eigenvalue weighted by atomic mass is 10.00. The maximum Gasteiger partial charge on any atom is 0.226 e. The van der Waals surface area contributed by atoms with Crippen LogP contribution < -0.4 is 10.2 Å². The molecule has 1 N–H and O–H groups in total. The summed E-state index contributed by atoms with van der Waals surface area (Å²) in [7, 11) is 0. The SMILES string of the molecule is O=C(NCc1ccccc1F)C1CN(c2nc3c(F)cccc3s2)C1. The van der Waals surface area contributed by atoms with Crippen molar-refractivity contribution in [3.63, 3.8) is 0 Å². The first kappa shape index (κ1) is 16.0. The summed E-state index contributed by atoms with van der Waals surface area (Å²) in [5, 5.41) is 3.49. The number of rotatable bonds is 4. The molecule has 7 heteroatoms. The number of amides is 1. The number of anilines is 1. The van der Waals surface area contributed by atoms with Crippen molar-refractivity contribution in [1.29, 1.82) is 0 Å². The van der Waals surface area contributed by atoms with Crippen LogP contribution in [0.3, 0.4) is 0 Å². The second-order valence-electron chi connectivity index (χ2n) is 5.99. The standard InChI is InChI=1S/C18H15F2N3OS/c19-13-5-2-1-4-11(13)8-21-17(24)12-9-23(10-12)18-22-16-14(20)6-3-7-15(16)25-18/h1-7,12H,8-10H2,(H,21,24). The molecule has 1 aliphatic heterocycles. The summed E-state index contributed by atoms with van der Waals surface area (Å²) >= 11 is 1.41. The molecule has 0 atom stereocenters. The predicted molar refractivity (Wildman–Crippen MR) is 93.5 cm³/mol. The summed E-state index contributed by atoms with van der Waals surface area (Å²) in [4.78, 5) is 18.5. The van der Waals surface area contributed by atoms with Crippen molar-refractivity contribution in [1.82, 2.24) is 10.3 Å². The zero-order chi connectivity index (χ0) is 17.4. The zero-order valence-electron chi connectivity index (χ0n) is 13.2. The number of nitrogens with zero attached hydrogens (tertiary/aromatic N) is 2. The molecule has 0 radical (unpaired) electrons. The van der Waals surface area contributed by atoms with Gasteiger partial charge in [-0.1, -0.05) is 35.6 Å². The van der Waals surface area contributed by atoms with E-state index in [9.17, 15) is 13.6 Å². The number of nitrogens with one attached hydrogen (secondary N) is 1. The van der Waals surface area contributed by atoms with E-state index in [1.165, 1.54) is 23.5 Å². The van der Waals surface area contributed by atoms with E-state index in [1.54, 1.807) is 24.3 Å². The summed E-state index contributed by atoms with van der Waals surface area (Å²) in [6, 6.07) is 11.3. The Kier molecular flexibility index (Phi) is 4.09. The number of benzene rings is 2. The van der Waals surface area contributed by atoms with Crippen LogP contribution in [0.2, 0.25) is 0 Å². The molecule has 1 aromatic heterocycles. The van der Waals surface area contributed by atoms with Crippen LogP contribution in [-0.2, 0) is 11.3 Å². The van der Waals surface area contributed by atoms with Gasteiger partial charge < -0.3 is 10.2 Å². The monoisotopic (exact) mass is 359 g/mol. The second kappa shape index (κ2) is 6.40. The Morgan fingerprint density at radius 2 is 1.92 bits per heavy atom. The van der Waals surface area contributed by atoms with Crippen molar-refractivity contribution in [2.45, 2.75) is 6.54 Å². The highest BCUT2D eigenvalue weighted by atomic mass is 32.1. The van der Waals surface area contributed by atoms with E-state index < -0.39 is 0 Å². The van der Waals surface area contributed by atoms with Gasteiger partial charge in [0.15, 0.2) is 5.13 Å². The van der Waals surface area contributed by atoms with E-state index >= 15 is 0 Å². The van der Waals surface area contributed by atoms with Gasteiger partial charge in [-0.05, 0) is 18.2 Å². The highest BCUT2D eigenvalue weighted by Crippen LogP contribution is 2.33. The fourth-order valence-corrected chi connectivity index (χ4v) is 3.81. The first-order valence-electron chi connectivity index (χ1n) is 7.93. The van der Waals surface area contributed by atoms with Crippen LogP contribution in [0.15, 0.2) is 42.5 Å². The summed E-state index contributed by atoms with van der Waals surface area (Å²) in [6.07, 6.45) is 0. The molecule has 1 saturated heterocycles. The molecule has 3 aromatic rings. The van der Waals surface area contributed by atoms with Crippen LogP contribution in [0.25, 0.3) is 10.2 Å². The lowest BCUT2D eigenvalue weighted by Crippen LogP contribution is -2.53. The first-order valence-corrected chi connectivity index (χ1v) is 8.74. The Hall–Kier alpha value is -2.54. The van der Waals surface area contributed by atoms with Gasteiger partial charge in [0.25, 0.3) is 0 Å². The zero-order valence-corrected chi connectivity index (χ0v) is 14.0. The third-order valence-electron chi connectivity index (χ3n) is 4.29. The molecule has 4 rings (SSSR count). The summed E-state index contributed by atoms with van der Waals surface area (Å²) < 4.78 is 28.1. The molecule has 0 spiro atoms. The Labute approximate surface area is 147 Å². The van der Waals surface area contributed by atoms with Gasteiger partial charge in [-0.2, -0.15) is 0 Å². The number of thiazole rings is 1. The molecule has 1 fully saturated rings. The highest BCUT2D eigenvalue weighted by molar-refractivity contribution is 7.22. The van der Waals surface area contributed by atoms with Gasteiger partial charge in [-0.3, -0.25) is 4.79 Å². The smallest absolute Gasteiger partial charge is 0.226 e. The maximum absolute atomic E-state index is 13.7. The van der Waals surface area contributed by atoms with E-state index in [1.807, 2.05) is 11.0 Å². The number of halogens is 2. The minimum atomic E-state index is -0.334. The average Bonchev–Trinajstić information content (AvgIpc) is 2.98. The summed E-state index contributed by atoms with van der Waals surface area (Å²) in [6.45, 7) is 1.24. The van der Waals surface area contributed by atoms with E-state index in [0.29, 0.717) is 24.2 Å². The van der Waals surface area contributed by atoms with Crippen molar-refractivity contribution in [3.05, 3.63) is 59.7 Å². The normalized spacial score (nSPS) is 14.6. The number of carbonyl (C=O) groups is 1. The highest BCUT2D eigenvalue weighted by Gasteiger charge is 2.34. The number of para-hydroxylation sites is 1. The molecule has 4 nitrogen and oxygen atoms in total. The molecule has 128 valence electrons. The molecular formula is C18H15F2N3OS. The van der Waals surface area contributed by atoms with Crippen LogP contribution in [0.4, 0.5) is 13.9 Å². The first-order chi connectivity index (χ1) is 12.1. The molecule has 0 bridgehead atoms. The van der Waals surface area contributed by atoms with Crippen molar-refractivity contribution < 1.29 is 13.6 Å². The van der Waals surface area contributed by atoms with Gasteiger partial charge in [-0.25, -0.2) is 13.8 Å². The van der Waals surface area contributed by atoms with Gasteiger partial charge >= 0.3 is 0 Å². The Balaban J connectivity index is 1.35. The predicted octanol–water partition coefficient (Wildman–Crippen LogP) is 3.33. The molecule has 0 aliphatic carbocycles. The molecule has 2 heterocycles. The quantitative estimate of drug-likeness (QED) is 0.777. The van der Waals surface area contributed by atoms with Gasteiger partial charge in [0.2, 0.25) is 5.91 Å². The van der Waals surface area contributed by atoms with Crippen molar-refractivity contribution >= 4 is 32.6 Å². The minimum absolute atomic E-state index is 0.105. The Morgan fingerprint density at radius 3 is 2.68 bits per heavy atom. The molecule has 0 saturated carbocycles. The van der Waals surface area contributed by atoms with E-state index in [2.05, 4.69) is 10.3 Å². The van der Waals surface area contributed by atoms with Crippen LogP contribution >= 0.6 is 11.3 Å². The lowest BCUT2D eigenvalue weighted by Gasteiger charge is -2.37. The molecule has 1 aliphatic rings. The van der Waals surface area contributed by atoms with Crippen LogP contribution in [0.1, 0.15) is 5.56 Å². The number of carbonyl (C=O) groups excluding carboxylic acids is 1. The minimum Gasteiger partial charge on any atom is -0.352 e. The van der Waals surface area contributed by atoms with Crippen LogP contribution in [-0.4, -0.2) is 24.0 Å². The summed E-state index contributed by atoms with van der Waals surface area (Å²) in [5.74, 6) is -0.926. The van der Waals surface area contributed by atoms with Crippen molar-refractivity contribution in [2.24, 2.45) is 5.92 Å². The molecular weight excluding hydrogens is 344 g/mol. The van der Waals surface area contributed by atoms with E-state index in [4.69, 9.17) is 0 Å². The lowest BCUT2D eigenvalue weighted by molar-refractivity contribution is -0.125. The molecule has 25 heavy (non-hydrogen) atoms.